The Balaban J connectivity index is 3.82. The third-order valence-electron chi connectivity index (χ3n) is 0.451. The van der Waals surface area contributed by atoms with Gasteiger partial charge in [-0.15, -0.1) is 0 Å². The van der Waals surface area contributed by atoms with Crippen molar-refractivity contribution in [1.82, 2.24) is 0 Å². The molecule has 0 bridgehead atoms. The molecule has 0 heterocycles. The predicted molar refractivity (Wildman–Crippen MR) is 22.7 cm³/mol. The van der Waals surface area contributed by atoms with E-state index in [2.05, 4.69) is 5.11 Å². The monoisotopic (exact) mass is 102 g/mol. The van der Waals surface area contributed by atoms with E-state index in [-0.39, 0.29) is 4.86 Å². The molecule has 0 spiro atoms. The first kappa shape index (κ1) is 6.07. The van der Waals surface area contributed by atoms with Crippen LogP contribution in [0.15, 0.2) is 5.11 Å². The molecule has 0 atom stereocenters. The fraction of sp³-hybridized carbons (Fsp3) is 0.667. The second-order valence-corrected chi connectivity index (χ2v) is 0.992. The Labute approximate surface area is 41.0 Å². The number of azo groups is 1. The maximum atomic E-state index is 9.91. The molecule has 0 rings (SSSR count). The highest BCUT2D eigenvalue weighted by molar-refractivity contribution is 5.63. The highest BCUT2D eigenvalue weighted by Crippen LogP contribution is 1.70. The molecule has 4 heteroatoms. The van der Waals surface area contributed by atoms with Crippen molar-refractivity contribution >= 4 is 5.91 Å². The molecule has 4 nitrogen and oxygen atoms in total. The topological polar surface area (TPSA) is 55.5 Å². The summed E-state index contributed by atoms with van der Waals surface area (Å²) >= 11 is 0. The van der Waals surface area contributed by atoms with E-state index in [9.17, 15) is 10.0 Å². The molecule has 40 valence electrons. The molecule has 1 amide bonds. The summed E-state index contributed by atoms with van der Waals surface area (Å²) in [4.78, 5) is 9.92. The van der Waals surface area contributed by atoms with Crippen LogP contribution >= 0.6 is 0 Å². The van der Waals surface area contributed by atoms with Crippen LogP contribution in [0.1, 0.15) is 6.92 Å². The van der Waals surface area contributed by atoms with E-state index in [1.807, 2.05) is 0 Å². The van der Waals surface area contributed by atoms with E-state index in [1.54, 1.807) is 0 Å². The third-order valence-corrected chi connectivity index (χ3v) is 0.451. The average Bonchev–Trinajstić information content (AvgIpc) is 1.65. The minimum Gasteiger partial charge on any atom is -0.592 e. The van der Waals surface area contributed by atoms with Gasteiger partial charge in [0.15, 0.2) is 0 Å². The molecule has 0 saturated heterocycles. The zero-order chi connectivity index (χ0) is 5.86. The lowest BCUT2D eigenvalue weighted by atomic mass is 10.8. The number of rotatable bonds is 0. The smallest absolute Gasteiger partial charge is 0.420 e. The molecule has 0 fully saturated rings. The van der Waals surface area contributed by atoms with Crippen molar-refractivity contribution in [1.29, 1.82) is 0 Å². The summed E-state index contributed by atoms with van der Waals surface area (Å²) in [7, 11) is 1.26. The number of nitrogens with zero attached hydrogens (tertiary/aromatic N) is 2. The van der Waals surface area contributed by atoms with E-state index in [0.29, 0.717) is 0 Å². The molecule has 0 unspecified atom stereocenters. The maximum Gasteiger partial charge on any atom is 0.420 e. The van der Waals surface area contributed by atoms with E-state index >= 15 is 0 Å². The number of carbonyl (C=O) groups is 1. The van der Waals surface area contributed by atoms with Gasteiger partial charge in [0.1, 0.15) is 0 Å². The molecule has 0 aliphatic heterocycles. The molecule has 0 radical (unpaired) electrons. The number of hydrogen-bond acceptors (Lipinski definition) is 3. The molecule has 0 aliphatic rings. The van der Waals surface area contributed by atoms with Crippen molar-refractivity contribution in [3.8, 4) is 0 Å². The fourth-order valence-corrected chi connectivity index (χ4v) is 0.141. The van der Waals surface area contributed by atoms with Gasteiger partial charge < -0.3 is 5.21 Å². The maximum absolute atomic E-state index is 9.91. The Morgan fingerprint density at radius 2 is 2.29 bits per heavy atom. The highest BCUT2D eigenvalue weighted by Gasteiger charge is 1.97. The van der Waals surface area contributed by atoms with Crippen LogP contribution in [0.25, 0.3) is 0 Å². The first-order chi connectivity index (χ1) is 3.18. The first-order valence-electron chi connectivity index (χ1n) is 1.76. The average molecular weight is 102 g/mol. The van der Waals surface area contributed by atoms with Gasteiger partial charge in [-0.05, 0) is 9.97 Å². The van der Waals surface area contributed by atoms with Crippen LogP contribution in [-0.2, 0) is 4.79 Å². The summed E-state index contributed by atoms with van der Waals surface area (Å²) in [6.45, 7) is 1.15. The Morgan fingerprint density at radius 3 is 2.29 bits per heavy atom. The Morgan fingerprint density at radius 1 is 1.86 bits per heavy atom. The van der Waals surface area contributed by atoms with Gasteiger partial charge in [-0.25, -0.2) is 4.79 Å². The second kappa shape index (κ2) is 2.28. The molecule has 0 aromatic carbocycles. The van der Waals surface area contributed by atoms with Gasteiger partial charge in [0, 0.05) is 0 Å². The van der Waals surface area contributed by atoms with E-state index < -0.39 is 5.91 Å². The van der Waals surface area contributed by atoms with Gasteiger partial charge in [0.2, 0.25) is 0 Å². The van der Waals surface area contributed by atoms with Crippen molar-refractivity contribution in [3.05, 3.63) is 5.21 Å². The first-order valence-corrected chi connectivity index (χ1v) is 1.76. The number of amides is 1. The summed E-state index contributed by atoms with van der Waals surface area (Å²) in [6, 6.07) is 0. The van der Waals surface area contributed by atoms with Crippen molar-refractivity contribution in [2.45, 2.75) is 6.92 Å². The third kappa shape index (κ3) is 1.86. The number of hydroxylamine groups is 1. The van der Waals surface area contributed by atoms with E-state index in [0.717, 1.165) is 6.92 Å². The van der Waals surface area contributed by atoms with E-state index in [1.165, 1.54) is 7.05 Å². The van der Waals surface area contributed by atoms with Crippen molar-refractivity contribution in [2.24, 2.45) is 5.11 Å². The number of carbonyl (C=O) groups excluding carboxylic acids is 1. The lowest BCUT2D eigenvalue weighted by Crippen LogP contribution is -2.05. The molecule has 0 N–H and O–H groups in total. The van der Waals surface area contributed by atoms with Gasteiger partial charge in [0.05, 0.1) is 14.0 Å². The lowest BCUT2D eigenvalue weighted by molar-refractivity contribution is -0.446. The molecule has 0 aromatic rings. The quantitative estimate of drug-likeness (QED) is 0.248. The van der Waals surface area contributed by atoms with Crippen molar-refractivity contribution in [2.75, 3.05) is 7.05 Å². The minimum absolute atomic E-state index is 0.0278. The van der Waals surface area contributed by atoms with Crippen LogP contribution in [-0.4, -0.2) is 17.8 Å². The number of hydrogen-bond donors (Lipinski definition) is 0. The molecule has 0 saturated carbocycles. The van der Waals surface area contributed by atoms with Crippen molar-refractivity contribution < 1.29 is 9.66 Å². The molecular weight excluding hydrogens is 96.0 g/mol. The molecule has 0 aromatic heterocycles. The Hall–Kier alpha value is -0.930. The van der Waals surface area contributed by atoms with Crippen LogP contribution in [0.2, 0.25) is 0 Å². The van der Waals surface area contributed by atoms with Gasteiger partial charge in [-0.3, -0.25) is 0 Å². The highest BCUT2D eigenvalue weighted by atomic mass is 16.5. The normalized spacial score (nSPS) is 11.4. The van der Waals surface area contributed by atoms with Crippen LogP contribution in [0, 0.1) is 5.21 Å². The summed E-state index contributed by atoms with van der Waals surface area (Å²) in [5, 5.41) is 12.9. The van der Waals surface area contributed by atoms with Crippen LogP contribution in [0.4, 0.5) is 0 Å². The van der Waals surface area contributed by atoms with Crippen molar-refractivity contribution in [3.63, 3.8) is 0 Å². The van der Waals surface area contributed by atoms with Gasteiger partial charge in [-0.2, -0.15) is 0 Å². The SMILES string of the molecule is CN=[N+]([O-])C(C)=O. The van der Waals surface area contributed by atoms with Crippen LogP contribution < -0.4 is 0 Å². The van der Waals surface area contributed by atoms with Gasteiger partial charge >= 0.3 is 5.91 Å². The summed E-state index contributed by atoms with van der Waals surface area (Å²) in [6.07, 6.45) is 0. The largest absolute Gasteiger partial charge is 0.592 e. The zero-order valence-electron chi connectivity index (χ0n) is 4.21. The molecule has 7 heavy (non-hydrogen) atoms. The van der Waals surface area contributed by atoms with Gasteiger partial charge in [-0.1, -0.05) is 0 Å². The predicted octanol–water partition coefficient (Wildman–Crippen LogP) is 0.125. The van der Waals surface area contributed by atoms with Gasteiger partial charge in [0.25, 0.3) is 0 Å². The van der Waals surface area contributed by atoms with Crippen LogP contribution in [0.3, 0.4) is 0 Å². The van der Waals surface area contributed by atoms with Crippen LogP contribution in [0.5, 0.6) is 0 Å². The fourth-order valence-electron chi connectivity index (χ4n) is 0.141. The summed E-state index contributed by atoms with van der Waals surface area (Å²) in [5.41, 5.74) is 0. The van der Waals surface area contributed by atoms with E-state index in [4.69, 9.17) is 0 Å². The summed E-state index contributed by atoms with van der Waals surface area (Å²) in [5.74, 6) is -0.595. The summed E-state index contributed by atoms with van der Waals surface area (Å²) < 4.78 is 0. The zero-order valence-corrected chi connectivity index (χ0v) is 4.21. The molecule has 0 aliphatic carbocycles. The standard InChI is InChI=1S/C3H6N2O2/c1-3(6)5(7)4-2/h1-2H3. The Bertz CT molecular complexity index is 108. The Kier molecular flexibility index (Phi) is 1.98. The molecular formula is C3H6N2O2. The minimum atomic E-state index is -0.595. The lowest BCUT2D eigenvalue weighted by Gasteiger charge is -1.86. The second-order valence-electron chi connectivity index (χ2n) is 0.992.